The van der Waals surface area contributed by atoms with Gasteiger partial charge in [0.1, 0.15) is 6.04 Å². The first-order valence-corrected chi connectivity index (χ1v) is 6.14. The van der Waals surface area contributed by atoms with Gasteiger partial charge in [-0.15, -0.1) is 0 Å². The fourth-order valence-electron chi connectivity index (χ4n) is 2.39. The number of carbonyl (C=O) groups is 3. The van der Waals surface area contributed by atoms with Gasteiger partial charge in [-0.3, -0.25) is 14.4 Å². The minimum atomic E-state index is -1.12. The Morgan fingerprint density at radius 3 is 2.79 bits per heavy atom. The van der Waals surface area contributed by atoms with Crippen molar-refractivity contribution in [3.05, 3.63) is 0 Å². The Balaban J connectivity index is 2.12. The van der Waals surface area contributed by atoms with Gasteiger partial charge < -0.3 is 25.8 Å². The van der Waals surface area contributed by atoms with E-state index >= 15 is 0 Å². The molecule has 106 valence electrons. The van der Waals surface area contributed by atoms with E-state index in [-0.39, 0.29) is 12.5 Å². The van der Waals surface area contributed by atoms with Gasteiger partial charge in [0, 0.05) is 19.1 Å². The predicted molar refractivity (Wildman–Crippen MR) is 63.0 cm³/mol. The highest BCUT2D eigenvalue weighted by Gasteiger charge is 2.41. The fourth-order valence-corrected chi connectivity index (χ4v) is 2.39. The molecule has 0 aliphatic carbocycles. The van der Waals surface area contributed by atoms with Crippen molar-refractivity contribution in [2.75, 3.05) is 26.3 Å². The lowest BCUT2D eigenvalue weighted by molar-refractivity contribution is -0.150. The first kappa shape index (κ1) is 13.8. The Bertz CT molecular complexity index is 400. The quantitative estimate of drug-likeness (QED) is 0.533. The van der Waals surface area contributed by atoms with Crippen LogP contribution in [0.1, 0.15) is 6.42 Å². The molecule has 19 heavy (non-hydrogen) atoms. The first-order valence-electron chi connectivity index (χ1n) is 6.14. The predicted octanol–water partition coefficient (Wildman–Crippen LogP) is -2.24. The van der Waals surface area contributed by atoms with Crippen molar-refractivity contribution in [3.63, 3.8) is 0 Å². The van der Waals surface area contributed by atoms with Crippen molar-refractivity contribution in [2.24, 2.45) is 11.7 Å². The highest BCUT2D eigenvalue weighted by atomic mass is 16.5. The van der Waals surface area contributed by atoms with Gasteiger partial charge >= 0.3 is 5.97 Å². The molecule has 8 heteroatoms. The highest BCUT2D eigenvalue weighted by Crippen LogP contribution is 2.19. The van der Waals surface area contributed by atoms with Crippen LogP contribution in [0.25, 0.3) is 0 Å². The van der Waals surface area contributed by atoms with Crippen LogP contribution in [0.15, 0.2) is 0 Å². The smallest absolute Gasteiger partial charge is 0.305 e. The molecule has 2 rings (SSSR count). The molecular formula is C11H17N3O5. The van der Waals surface area contributed by atoms with Crippen LogP contribution in [-0.4, -0.2) is 66.2 Å². The van der Waals surface area contributed by atoms with Gasteiger partial charge in [0.2, 0.25) is 11.8 Å². The second kappa shape index (κ2) is 5.54. The standard InChI is InChI=1S/C11H17N3O5/c12-7-5-19-4-6(7)11(18)14-2-1-13-10(17)8(14)3-9(15)16/h6-8H,1-5,12H2,(H,13,17)(H,15,16). The number of nitrogens with zero attached hydrogens (tertiary/aromatic N) is 1. The number of piperazine rings is 1. The summed E-state index contributed by atoms with van der Waals surface area (Å²) < 4.78 is 5.14. The van der Waals surface area contributed by atoms with Crippen LogP contribution >= 0.6 is 0 Å². The third kappa shape index (κ3) is 2.85. The molecule has 8 nitrogen and oxygen atoms in total. The molecule has 0 saturated carbocycles. The summed E-state index contributed by atoms with van der Waals surface area (Å²) in [4.78, 5) is 36.2. The third-order valence-corrected chi connectivity index (χ3v) is 3.42. The molecule has 2 heterocycles. The second-order valence-electron chi connectivity index (χ2n) is 4.74. The summed E-state index contributed by atoms with van der Waals surface area (Å²) >= 11 is 0. The van der Waals surface area contributed by atoms with Crippen LogP contribution < -0.4 is 11.1 Å². The molecule has 0 aromatic carbocycles. The summed E-state index contributed by atoms with van der Waals surface area (Å²) in [6.45, 7) is 1.15. The molecule has 3 unspecified atom stereocenters. The largest absolute Gasteiger partial charge is 0.481 e. The number of nitrogens with two attached hydrogens (primary N) is 1. The molecule has 2 saturated heterocycles. The molecule has 0 aromatic heterocycles. The zero-order valence-corrected chi connectivity index (χ0v) is 10.4. The molecule has 0 radical (unpaired) electrons. The van der Waals surface area contributed by atoms with Crippen molar-refractivity contribution in [1.82, 2.24) is 10.2 Å². The molecule has 0 aromatic rings. The number of aliphatic carboxylic acids is 1. The van der Waals surface area contributed by atoms with Crippen LogP contribution in [0.3, 0.4) is 0 Å². The SMILES string of the molecule is NC1COCC1C(=O)N1CCNC(=O)C1CC(=O)O. The van der Waals surface area contributed by atoms with Crippen LogP contribution in [0, 0.1) is 5.92 Å². The lowest BCUT2D eigenvalue weighted by Crippen LogP contribution is -2.60. The van der Waals surface area contributed by atoms with E-state index in [1.165, 1.54) is 4.90 Å². The Hall–Kier alpha value is -1.67. The van der Waals surface area contributed by atoms with E-state index in [4.69, 9.17) is 15.6 Å². The Morgan fingerprint density at radius 1 is 1.47 bits per heavy atom. The Labute approximate surface area is 109 Å². The monoisotopic (exact) mass is 271 g/mol. The summed E-state index contributed by atoms with van der Waals surface area (Å²) in [5.41, 5.74) is 5.78. The van der Waals surface area contributed by atoms with Gasteiger partial charge in [-0.25, -0.2) is 0 Å². The maximum Gasteiger partial charge on any atom is 0.305 e. The van der Waals surface area contributed by atoms with E-state index in [0.29, 0.717) is 19.7 Å². The van der Waals surface area contributed by atoms with E-state index in [1.807, 2.05) is 0 Å². The van der Waals surface area contributed by atoms with Gasteiger partial charge in [-0.2, -0.15) is 0 Å². The number of carboxylic acids is 1. The topological polar surface area (TPSA) is 122 Å². The summed E-state index contributed by atoms with van der Waals surface area (Å²) in [6, 6.07) is -1.37. The number of nitrogens with one attached hydrogen (secondary N) is 1. The molecule has 2 fully saturated rings. The number of ether oxygens (including phenoxy) is 1. The summed E-state index contributed by atoms with van der Waals surface area (Å²) in [6.07, 6.45) is -0.402. The van der Waals surface area contributed by atoms with Crippen molar-refractivity contribution >= 4 is 17.8 Å². The number of amides is 2. The molecule has 0 spiro atoms. The number of hydrogen-bond donors (Lipinski definition) is 3. The number of carboxylic acid groups (broad SMARTS) is 1. The zero-order valence-electron chi connectivity index (χ0n) is 10.4. The molecule has 2 amide bonds. The van der Waals surface area contributed by atoms with Crippen LogP contribution in [0.2, 0.25) is 0 Å². The van der Waals surface area contributed by atoms with Gasteiger partial charge in [0.05, 0.1) is 25.6 Å². The minimum absolute atomic E-state index is 0.220. The summed E-state index contributed by atoms with van der Waals surface area (Å²) in [7, 11) is 0. The third-order valence-electron chi connectivity index (χ3n) is 3.42. The summed E-state index contributed by atoms with van der Waals surface area (Å²) in [5.74, 6) is -2.35. The number of carbonyl (C=O) groups excluding carboxylic acids is 2. The van der Waals surface area contributed by atoms with E-state index in [0.717, 1.165) is 0 Å². The van der Waals surface area contributed by atoms with Crippen molar-refractivity contribution < 1.29 is 24.2 Å². The average molecular weight is 271 g/mol. The molecule has 3 atom stereocenters. The summed E-state index contributed by atoms with van der Waals surface area (Å²) in [5, 5.41) is 11.4. The Kier molecular flexibility index (Phi) is 4.01. The van der Waals surface area contributed by atoms with E-state index in [1.54, 1.807) is 0 Å². The highest BCUT2D eigenvalue weighted by molar-refractivity contribution is 5.92. The second-order valence-corrected chi connectivity index (χ2v) is 4.74. The van der Waals surface area contributed by atoms with Crippen molar-refractivity contribution in [1.29, 1.82) is 0 Å². The van der Waals surface area contributed by atoms with Gasteiger partial charge in [-0.1, -0.05) is 0 Å². The number of rotatable bonds is 3. The van der Waals surface area contributed by atoms with Gasteiger partial charge in [-0.05, 0) is 0 Å². The van der Waals surface area contributed by atoms with Gasteiger partial charge in [0.25, 0.3) is 0 Å². The zero-order chi connectivity index (χ0) is 14.0. The Morgan fingerprint density at radius 2 is 2.21 bits per heavy atom. The van der Waals surface area contributed by atoms with E-state index in [2.05, 4.69) is 5.32 Å². The molecule has 4 N–H and O–H groups in total. The molecule has 2 aliphatic heterocycles. The maximum atomic E-state index is 12.3. The average Bonchev–Trinajstić information content (AvgIpc) is 2.77. The normalized spacial score (nSPS) is 31.1. The minimum Gasteiger partial charge on any atom is -0.481 e. The van der Waals surface area contributed by atoms with Crippen LogP contribution in [-0.2, 0) is 19.1 Å². The van der Waals surface area contributed by atoms with Crippen LogP contribution in [0.5, 0.6) is 0 Å². The maximum absolute atomic E-state index is 12.3. The lowest BCUT2D eigenvalue weighted by Gasteiger charge is -2.36. The van der Waals surface area contributed by atoms with E-state index < -0.39 is 36.3 Å². The fraction of sp³-hybridized carbons (Fsp3) is 0.727. The first-order chi connectivity index (χ1) is 9.00. The molecule has 2 aliphatic rings. The molecular weight excluding hydrogens is 254 g/mol. The van der Waals surface area contributed by atoms with Gasteiger partial charge in [0.15, 0.2) is 0 Å². The molecule has 0 bridgehead atoms. The lowest BCUT2D eigenvalue weighted by atomic mass is 9.99. The number of hydrogen-bond acceptors (Lipinski definition) is 5. The van der Waals surface area contributed by atoms with Crippen molar-refractivity contribution in [3.8, 4) is 0 Å². The van der Waals surface area contributed by atoms with E-state index in [9.17, 15) is 14.4 Å². The van der Waals surface area contributed by atoms with Crippen molar-refractivity contribution in [2.45, 2.75) is 18.5 Å². The van der Waals surface area contributed by atoms with Crippen LogP contribution in [0.4, 0.5) is 0 Å².